The third-order valence-electron chi connectivity index (χ3n) is 6.46. The fourth-order valence-corrected chi connectivity index (χ4v) is 3.94. The highest BCUT2D eigenvalue weighted by Crippen LogP contribution is 2.13. The number of hydrogen-bond acceptors (Lipinski definition) is 7. The lowest BCUT2D eigenvalue weighted by molar-refractivity contribution is -0.142. The number of carboxylic acids is 1. The smallest absolute Gasteiger partial charge is 0.326 e. The number of nitrogens with one attached hydrogen (secondary N) is 3. The molecule has 0 aliphatic carbocycles. The Morgan fingerprint density at radius 3 is 1.93 bits per heavy atom. The molecule has 0 radical (unpaired) electrons. The molecule has 0 saturated heterocycles. The van der Waals surface area contributed by atoms with Crippen LogP contribution in [0.5, 0.6) is 5.75 Å². The van der Waals surface area contributed by atoms with Crippen molar-refractivity contribution in [3.8, 4) is 5.75 Å². The lowest BCUT2D eigenvalue weighted by Gasteiger charge is -2.28. The average Bonchev–Trinajstić information content (AvgIpc) is 2.91. The molecule has 0 bridgehead atoms. The number of phenols is 1. The minimum atomic E-state index is -1.40. The first-order valence-corrected chi connectivity index (χ1v) is 12.9. The van der Waals surface area contributed by atoms with Gasteiger partial charge in [0.25, 0.3) is 0 Å². The van der Waals surface area contributed by atoms with Gasteiger partial charge in [-0.1, -0.05) is 62.7 Å². The Morgan fingerprint density at radius 1 is 0.800 bits per heavy atom. The molecular weight excluding hydrogens is 518 g/mol. The molecule has 4 amide bonds. The quantitative estimate of drug-likeness (QED) is 0.158. The van der Waals surface area contributed by atoms with E-state index >= 15 is 0 Å². The van der Waals surface area contributed by atoms with Crippen LogP contribution in [0.1, 0.15) is 37.8 Å². The van der Waals surface area contributed by atoms with E-state index in [0.29, 0.717) is 12.0 Å². The van der Waals surface area contributed by atoms with E-state index in [1.807, 2.05) is 6.07 Å². The Balaban J connectivity index is 2.15. The van der Waals surface area contributed by atoms with Crippen molar-refractivity contribution in [2.24, 2.45) is 17.4 Å². The van der Waals surface area contributed by atoms with E-state index in [1.165, 1.54) is 24.3 Å². The summed E-state index contributed by atoms with van der Waals surface area (Å²) < 4.78 is 0. The SMILES string of the molecule is CCC(C)C(NC(=O)C(CC(N)=O)NC(=O)C(N)Cc1ccccc1)C(=O)NC(Cc1ccc(O)cc1)C(=O)O. The second kappa shape index (κ2) is 15.2. The maximum atomic E-state index is 13.2. The molecule has 40 heavy (non-hydrogen) atoms. The van der Waals surface area contributed by atoms with Gasteiger partial charge in [0.05, 0.1) is 12.5 Å². The molecule has 12 nitrogen and oxygen atoms in total. The van der Waals surface area contributed by atoms with Crippen LogP contribution in [0.15, 0.2) is 54.6 Å². The van der Waals surface area contributed by atoms with Gasteiger partial charge in [-0.05, 0) is 35.6 Å². The molecule has 0 aromatic heterocycles. The number of carbonyl (C=O) groups is 5. The number of hydrogen-bond donors (Lipinski definition) is 7. The summed E-state index contributed by atoms with van der Waals surface area (Å²) in [7, 11) is 0. The van der Waals surface area contributed by atoms with Crippen LogP contribution in [0.25, 0.3) is 0 Å². The van der Waals surface area contributed by atoms with Gasteiger partial charge in [-0.25, -0.2) is 4.79 Å². The summed E-state index contributed by atoms with van der Waals surface area (Å²) >= 11 is 0. The standard InChI is InChI=1S/C28H37N5O7/c1-3-16(2)24(27(38)32-22(28(39)40)14-18-9-11-19(34)12-10-18)33-26(37)21(15-23(30)35)31-25(36)20(29)13-17-7-5-4-6-8-17/h4-12,16,20-22,24,34H,3,13-15,29H2,1-2H3,(H2,30,35)(H,31,36)(H,32,38)(H,33,37)(H,39,40). The summed E-state index contributed by atoms with van der Waals surface area (Å²) in [6.07, 6.45) is 0.0290. The third-order valence-corrected chi connectivity index (χ3v) is 6.46. The predicted octanol–water partition coefficient (Wildman–Crippen LogP) is -0.0348. The summed E-state index contributed by atoms with van der Waals surface area (Å²) in [5.41, 5.74) is 12.7. The number of phenolic OH excluding ortho intramolecular Hbond substituents is 1. The number of aliphatic carboxylic acids is 1. The van der Waals surface area contributed by atoms with Crippen LogP contribution in [0.4, 0.5) is 0 Å². The number of benzene rings is 2. The van der Waals surface area contributed by atoms with Gasteiger partial charge in [0.2, 0.25) is 23.6 Å². The predicted molar refractivity (Wildman–Crippen MR) is 147 cm³/mol. The number of aromatic hydroxyl groups is 1. The van der Waals surface area contributed by atoms with Crippen LogP contribution in [0.2, 0.25) is 0 Å². The van der Waals surface area contributed by atoms with Gasteiger partial charge in [-0.15, -0.1) is 0 Å². The van der Waals surface area contributed by atoms with Gasteiger partial charge in [0.15, 0.2) is 0 Å². The molecule has 9 N–H and O–H groups in total. The second-order valence-corrected chi connectivity index (χ2v) is 9.67. The van der Waals surface area contributed by atoms with Crippen molar-refractivity contribution >= 4 is 29.6 Å². The maximum absolute atomic E-state index is 13.2. The molecule has 0 saturated carbocycles. The zero-order valence-corrected chi connectivity index (χ0v) is 22.5. The largest absolute Gasteiger partial charge is 0.508 e. The zero-order chi connectivity index (χ0) is 29.8. The lowest BCUT2D eigenvalue weighted by Crippen LogP contribution is -2.59. The molecule has 0 spiro atoms. The highest BCUT2D eigenvalue weighted by atomic mass is 16.4. The molecule has 12 heteroatoms. The Kier molecular flexibility index (Phi) is 12.1. The number of amides is 4. The van der Waals surface area contributed by atoms with E-state index in [1.54, 1.807) is 38.1 Å². The third kappa shape index (κ3) is 10.0. The Morgan fingerprint density at radius 2 is 1.38 bits per heavy atom. The van der Waals surface area contributed by atoms with Crippen LogP contribution in [0, 0.1) is 5.92 Å². The van der Waals surface area contributed by atoms with Crippen molar-refractivity contribution < 1.29 is 34.2 Å². The van der Waals surface area contributed by atoms with Crippen LogP contribution < -0.4 is 27.4 Å². The van der Waals surface area contributed by atoms with Crippen molar-refractivity contribution in [1.29, 1.82) is 0 Å². The maximum Gasteiger partial charge on any atom is 0.326 e. The zero-order valence-electron chi connectivity index (χ0n) is 22.5. The molecule has 5 atom stereocenters. The van der Waals surface area contributed by atoms with Gasteiger partial charge in [-0.2, -0.15) is 0 Å². The molecule has 2 rings (SSSR count). The fourth-order valence-electron chi connectivity index (χ4n) is 3.94. The lowest BCUT2D eigenvalue weighted by atomic mass is 9.96. The summed E-state index contributed by atoms with van der Waals surface area (Å²) in [4.78, 5) is 62.7. The number of carboxylic acid groups (broad SMARTS) is 1. The monoisotopic (exact) mass is 555 g/mol. The van der Waals surface area contributed by atoms with Crippen LogP contribution in [-0.2, 0) is 36.8 Å². The molecule has 2 aromatic carbocycles. The molecule has 216 valence electrons. The number of carbonyl (C=O) groups excluding carboxylic acids is 4. The van der Waals surface area contributed by atoms with E-state index in [9.17, 15) is 34.2 Å². The van der Waals surface area contributed by atoms with Gasteiger partial charge in [0, 0.05) is 6.42 Å². The summed E-state index contributed by atoms with van der Waals surface area (Å²) in [5.74, 6) is -4.85. The van der Waals surface area contributed by atoms with Gasteiger partial charge in [-0.3, -0.25) is 19.2 Å². The van der Waals surface area contributed by atoms with E-state index < -0.39 is 66.1 Å². The first kappa shape index (κ1) is 31.8. The van der Waals surface area contributed by atoms with E-state index in [4.69, 9.17) is 11.5 Å². The molecule has 0 aliphatic rings. The topological polar surface area (TPSA) is 214 Å². The van der Waals surface area contributed by atoms with Crippen LogP contribution in [0.3, 0.4) is 0 Å². The van der Waals surface area contributed by atoms with E-state index in [-0.39, 0.29) is 18.6 Å². The fraction of sp³-hybridized carbons (Fsp3) is 0.393. The average molecular weight is 556 g/mol. The van der Waals surface area contributed by atoms with Gasteiger partial charge in [0.1, 0.15) is 23.9 Å². The summed E-state index contributed by atoms with van der Waals surface area (Å²) in [5, 5.41) is 26.6. The number of primary amides is 1. The molecule has 2 aromatic rings. The first-order chi connectivity index (χ1) is 18.9. The summed E-state index contributed by atoms with van der Waals surface area (Å²) in [6.45, 7) is 3.48. The Labute approximate surface area is 232 Å². The van der Waals surface area contributed by atoms with Crippen LogP contribution in [-0.4, -0.2) is 64.0 Å². The molecule has 0 aliphatic heterocycles. The Hall–Kier alpha value is -4.45. The Bertz CT molecular complexity index is 1170. The van der Waals surface area contributed by atoms with Crippen molar-refractivity contribution in [2.45, 2.75) is 63.7 Å². The molecular formula is C28H37N5O7. The molecule has 0 heterocycles. The highest BCUT2D eigenvalue weighted by Gasteiger charge is 2.33. The van der Waals surface area contributed by atoms with E-state index in [0.717, 1.165) is 5.56 Å². The first-order valence-electron chi connectivity index (χ1n) is 12.9. The van der Waals surface area contributed by atoms with E-state index in [2.05, 4.69) is 16.0 Å². The van der Waals surface area contributed by atoms with Gasteiger partial charge < -0.3 is 37.6 Å². The van der Waals surface area contributed by atoms with Crippen LogP contribution >= 0.6 is 0 Å². The van der Waals surface area contributed by atoms with Crippen molar-refractivity contribution in [3.05, 3.63) is 65.7 Å². The number of rotatable bonds is 15. The van der Waals surface area contributed by atoms with Gasteiger partial charge >= 0.3 is 5.97 Å². The second-order valence-electron chi connectivity index (χ2n) is 9.67. The molecule has 0 fully saturated rings. The molecule has 5 unspecified atom stereocenters. The van der Waals surface area contributed by atoms with Crippen molar-refractivity contribution in [1.82, 2.24) is 16.0 Å². The highest BCUT2D eigenvalue weighted by molar-refractivity contribution is 5.96. The van der Waals surface area contributed by atoms with Crippen molar-refractivity contribution in [3.63, 3.8) is 0 Å². The van der Waals surface area contributed by atoms with Crippen molar-refractivity contribution in [2.75, 3.05) is 0 Å². The normalized spacial score (nSPS) is 14.6. The number of nitrogens with two attached hydrogens (primary N) is 2. The minimum absolute atomic E-state index is 0.0119. The minimum Gasteiger partial charge on any atom is -0.508 e. The summed E-state index contributed by atoms with van der Waals surface area (Å²) in [6, 6.07) is 9.94.